The van der Waals surface area contributed by atoms with Gasteiger partial charge >= 0.3 is 0 Å². The lowest BCUT2D eigenvalue weighted by molar-refractivity contribution is -0.114. The van der Waals surface area contributed by atoms with Crippen LogP contribution < -0.4 is 16.0 Å². The number of rotatable bonds is 4. The second kappa shape index (κ2) is 9.76. The largest absolute Gasteiger partial charge is 0.347 e. The molecule has 1 aliphatic rings. The Bertz CT molecular complexity index is 911. The van der Waals surface area contributed by atoms with E-state index in [0.717, 1.165) is 18.2 Å². The highest BCUT2D eigenvalue weighted by Gasteiger charge is 2.29. The first kappa shape index (κ1) is 22.7. The summed E-state index contributed by atoms with van der Waals surface area (Å²) in [6.07, 6.45) is 0.635. The number of piperidine rings is 1. The molecule has 2 amide bonds. The zero-order valence-electron chi connectivity index (χ0n) is 15.6. The van der Waals surface area contributed by atoms with Crippen molar-refractivity contribution in [1.82, 2.24) is 10.6 Å². The number of hydrogen-bond donors (Lipinski definition) is 3. The van der Waals surface area contributed by atoms with E-state index in [0.29, 0.717) is 25.1 Å². The standard InChI is InChI=1S/C20H20F3N3O2.ClH/c1-11(27)25-18-9-13(3-5-16(18)22)20(28)26-19-10-24-7-6-14(19)12-2-4-15(21)17(23)8-12;/h2-5,8-9,14,19,24H,6-7,10H2,1H3,(H,25,27)(H,26,28);1H. The summed E-state index contributed by atoms with van der Waals surface area (Å²) in [7, 11) is 0. The minimum atomic E-state index is -0.931. The molecule has 29 heavy (non-hydrogen) atoms. The third-order valence-electron chi connectivity index (χ3n) is 4.71. The lowest BCUT2D eigenvalue weighted by Gasteiger charge is -2.33. The molecule has 2 aromatic carbocycles. The van der Waals surface area contributed by atoms with Gasteiger partial charge in [-0.25, -0.2) is 13.2 Å². The summed E-state index contributed by atoms with van der Waals surface area (Å²) in [6, 6.07) is 7.06. The fraction of sp³-hybridized carbons (Fsp3) is 0.300. The average molecular weight is 428 g/mol. The molecule has 1 saturated heterocycles. The summed E-state index contributed by atoms with van der Waals surface area (Å²) in [4.78, 5) is 23.8. The number of nitrogens with one attached hydrogen (secondary N) is 3. The number of carbonyl (C=O) groups is 2. The SMILES string of the molecule is CC(=O)Nc1cc(C(=O)NC2CNCCC2c2ccc(F)c(F)c2)ccc1F.Cl. The number of halogens is 4. The lowest BCUT2D eigenvalue weighted by atomic mass is 9.85. The molecule has 9 heteroatoms. The highest BCUT2D eigenvalue weighted by atomic mass is 35.5. The van der Waals surface area contributed by atoms with Gasteiger partial charge in [0.25, 0.3) is 5.91 Å². The van der Waals surface area contributed by atoms with Crippen molar-refractivity contribution in [3.05, 3.63) is 65.0 Å². The van der Waals surface area contributed by atoms with Crippen molar-refractivity contribution in [2.45, 2.75) is 25.3 Å². The molecule has 2 atom stereocenters. The Kier molecular flexibility index (Phi) is 7.64. The van der Waals surface area contributed by atoms with Gasteiger partial charge in [0.1, 0.15) is 5.82 Å². The van der Waals surface area contributed by atoms with Gasteiger partial charge in [-0.2, -0.15) is 0 Å². The van der Waals surface area contributed by atoms with Crippen LogP contribution in [0.25, 0.3) is 0 Å². The molecule has 3 N–H and O–H groups in total. The predicted octanol–water partition coefficient (Wildman–Crippen LogP) is 3.36. The minimum absolute atomic E-state index is 0. The Hall–Kier alpha value is -2.58. The van der Waals surface area contributed by atoms with Gasteiger partial charge in [-0.15, -0.1) is 12.4 Å². The van der Waals surface area contributed by atoms with Crippen LogP contribution >= 0.6 is 12.4 Å². The van der Waals surface area contributed by atoms with Crippen molar-refractivity contribution in [3.63, 3.8) is 0 Å². The number of anilines is 1. The van der Waals surface area contributed by atoms with Crippen LogP contribution in [0.2, 0.25) is 0 Å². The Morgan fingerprint density at radius 3 is 2.45 bits per heavy atom. The van der Waals surface area contributed by atoms with E-state index in [-0.39, 0.29) is 35.6 Å². The molecule has 0 aromatic heterocycles. The van der Waals surface area contributed by atoms with Crippen LogP contribution in [0.15, 0.2) is 36.4 Å². The highest BCUT2D eigenvalue weighted by Crippen LogP contribution is 2.27. The third-order valence-corrected chi connectivity index (χ3v) is 4.71. The minimum Gasteiger partial charge on any atom is -0.347 e. The van der Waals surface area contributed by atoms with Gasteiger partial charge in [-0.1, -0.05) is 6.07 Å². The summed E-state index contributed by atoms with van der Waals surface area (Å²) < 4.78 is 40.6. The molecule has 3 rings (SSSR count). The first-order valence-electron chi connectivity index (χ1n) is 8.89. The Morgan fingerprint density at radius 1 is 1.03 bits per heavy atom. The topological polar surface area (TPSA) is 70.2 Å². The van der Waals surface area contributed by atoms with Gasteiger partial charge < -0.3 is 16.0 Å². The molecular weight excluding hydrogens is 407 g/mol. The number of amides is 2. The Labute approximate surface area is 172 Å². The normalized spacial score (nSPS) is 18.5. The summed E-state index contributed by atoms with van der Waals surface area (Å²) >= 11 is 0. The van der Waals surface area contributed by atoms with Gasteiger partial charge in [-0.3, -0.25) is 9.59 Å². The molecule has 1 heterocycles. The van der Waals surface area contributed by atoms with Crippen LogP contribution in [0, 0.1) is 17.5 Å². The van der Waals surface area contributed by atoms with Crippen molar-refractivity contribution >= 4 is 29.9 Å². The summed E-state index contributed by atoms with van der Waals surface area (Å²) in [5.74, 6) is -3.60. The van der Waals surface area contributed by atoms with Crippen molar-refractivity contribution in [1.29, 1.82) is 0 Å². The third kappa shape index (κ3) is 5.48. The molecule has 1 fully saturated rings. The van der Waals surface area contributed by atoms with Crippen molar-refractivity contribution in [3.8, 4) is 0 Å². The zero-order valence-corrected chi connectivity index (χ0v) is 16.4. The van der Waals surface area contributed by atoms with Crippen LogP contribution in [0.4, 0.5) is 18.9 Å². The second-order valence-electron chi connectivity index (χ2n) is 6.73. The average Bonchev–Trinajstić information content (AvgIpc) is 2.66. The monoisotopic (exact) mass is 427 g/mol. The molecule has 5 nitrogen and oxygen atoms in total. The van der Waals surface area contributed by atoms with E-state index in [2.05, 4.69) is 16.0 Å². The van der Waals surface area contributed by atoms with E-state index < -0.39 is 29.3 Å². The molecule has 0 spiro atoms. The van der Waals surface area contributed by atoms with Gasteiger partial charge in [0.05, 0.1) is 5.69 Å². The van der Waals surface area contributed by atoms with Crippen LogP contribution in [0.5, 0.6) is 0 Å². The first-order chi connectivity index (χ1) is 13.3. The molecule has 156 valence electrons. The fourth-order valence-corrected chi connectivity index (χ4v) is 3.36. The van der Waals surface area contributed by atoms with Crippen LogP contribution in [-0.2, 0) is 4.79 Å². The molecule has 1 aliphatic heterocycles. The van der Waals surface area contributed by atoms with Crippen LogP contribution in [0.3, 0.4) is 0 Å². The number of carbonyl (C=O) groups excluding carboxylic acids is 2. The predicted molar refractivity (Wildman–Crippen MR) is 106 cm³/mol. The van der Waals surface area contributed by atoms with Crippen LogP contribution in [-0.4, -0.2) is 30.9 Å². The molecule has 0 saturated carbocycles. The van der Waals surface area contributed by atoms with Crippen molar-refractivity contribution < 1.29 is 22.8 Å². The Morgan fingerprint density at radius 2 is 1.76 bits per heavy atom. The van der Waals surface area contributed by atoms with E-state index >= 15 is 0 Å². The van der Waals surface area contributed by atoms with E-state index in [1.54, 1.807) is 0 Å². The summed E-state index contributed by atoms with van der Waals surface area (Å²) in [6.45, 7) is 2.38. The number of benzene rings is 2. The molecule has 0 radical (unpaired) electrons. The molecule has 0 bridgehead atoms. The molecule has 2 unspecified atom stereocenters. The van der Waals surface area contributed by atoms with E-state index in [1.165, 1.54) is 25.1 Å². The molecule has 2 aromatic rings. The zero-order chi connectivity index (χ0) is 20.3. The second-order valence-corrected chi connectivity index (χ2v) is 6.73. The van der Waals surface area contributed by atoms with E-state index in [1.807, 2.05) is 0 Å². The molecule has 0 aliphatic carbocycles. The first-order valence-corrected chi connectivity index (χ1v) is 8.89. The maximum absolute atomic E-state index is 13.8. The quantitative estimate of drug-likeness (QED) is 0.700. The maximum Gasteiger partial charge on any atom is 0.251 e. The van der Waals surface area contributed by atoms with Gasteiger partial charge in [-0.05, 0) is 48.9 Å². The lowest BCUT2D eigenvalue weighted by Crippen LogP contribution is -2.50. The molecular formula is C20H21ClF3N3O2. The van der Waals surface area contributed by atoms with Gasteiger partial charge in [0.2, 0.25) is 5.91 Å². The summed E-state index contributed by atoms with van der Waals surface area (Å²) in [5.41, 5.74) is 0.697. The van der Waals surface area contributed by atoms with Gasteiger partial charge in [0, 0.05) is 31.0 Å². The maximum atomic E-state index is 13.8. The van der Waals surface area contributed by atoms with E-state index in [9.17, 15) is 22.8 Å². The summed E-state index contributed by atoms with van der Waals surface area (Å²) in [5, 5.41) is 8.36. The Balaban J connectivity index is 0.00000300. The highest BCUT2D eigenvalue weighted by molar-refractivity contribution is 5.97. The van der Waals surface area contributed by atoms with E-state index in [4.69, 9.17) is 0 Å². The van der Waals surface area contributed by atoms with Crippen LogP contribution in [0.1, 0.15) is 35.2 Å². The fourth-order valence-electron chi connectivity index (χ4n) is 3.36. The van der Waals surface area contributed by atoms with Gasteiger partial charge in [0.15, 0.2) is 11.6 Å². The number of hydrogen-bond acceptors (Lipinski definition) is 3. The smallest absolute Gasteiger partial charge is 0.251 e. The van der Waals surface area contributed by atoms with Crippen molar-refractivity contribution in [2.75, 3.05) is 18.4 Å². The van der Waals surface area contributed by atoms with Crippen molar-refractivity contribution in [2.24, 2.45) is 0 Å².